The molecule has 3 amide bonds. The van der Waals surface area contributed by atoms with E-state index in [-0.39, 0.29) is 12.3 Å². The van der Waals surface area contributed by atoms with Crippen LogP contribution in [-0.4, -0.2) is 29.2 Å². The van der Waals surface area contributed by atoms with Crippen LogP contribution in [0.5, 0.6) is 0 Å². The highest BCUT2D eigenvalue weighted by molar-refractivity contribution is 7.12. The lowest BCUT2D eigenvalue weighted by atomic mass is 9.99. The van der Waals surface area contributed by atoms with Gasteiger partial charge >= 0.3 is 6.03 Å². The molecule has 1 N–H and O–H groups in total. The van der Waals surface area contributed by atoms with Gasteiger partial charge in [-0.25, -0.2) is 4.79 Å². The first-order valence-corrected chi connectivity index (χ1v) is 7.93. The van der Waals surface area contributed by atoms with Gasteiger partial charge in [-0.3, -0.25) is 14.5 Å². The molecule has 120 valence electrons. The van der Waals surface area contributed by atoms with Crippen molar-refractivity contribution >= 4 is 29.1 Å². The molecule has 1 atom stereocenters. The number of ketones is 1. The molecule has 1 unspecified atom stereocenters. The van der Waals surface area contributed by atoms with Crippen LogP contribution in [0, 0.1) is 13.8 Å². The molecular formula is C16H16N2O4S. The van der Waals surface area contributed by atoms with Gasteiger partial charge in [0.05, 0.1) is 12.8 Å². The minimum Gasteiger partial charge on any atom is -0.466 e. The Morgan fingerprint density at radius 1 is 1.39 bits per heavy atom. The van der Waals surface area contributed by atoms with Gasteiger partial charge in [0, 0.05) is 15.3 Å². The first kappa shape index (κ1) is 15.5. The summed E-state index contributed by atoms with van der Waals surface area (Å²) < 4.78 is 5.25. The Morgan fingerprint density at radius 2 is 2.13 bits per heavy atom. The van der Waals surface area contributed by atoms with E-state index in [1.54, 1.807) is 25.1 Å². The van der Waals surface area contributed by atoms with E-state index < -0.39 is 17.5 Å². The molecule has 6 nitrogen and oxygen atoms in total. The van der Waals surface area contributed by atoms with Crippen LogP contribution >= 0.6 is 11.3 Å². The zero-order valence-electron chi connectivity index (χ0n) is 13.0. The molecule has 3 heterocycles. The van der Waals surface area contributed by atoms with Crippen molar-refractivity contribution in [1.29, 1.82) is 0 Å². The van der Waals surface area contributed by atoms with E-state index in [1.165, 1.54) is 17.6 Å². The number of nitrogens with one attached hydrogen (secondary N) is 1. The molecular weight excluding hydrogens is 316 g/mol. The highest BCUT2D eigenvalue weighted by Gasteiger charge is 2.51. The second-order valence-electron chi connectivity index (χ2n) is 5.67. The summed E-state index contributed by atoms with van der Waals surface area (Å²) in [6, 6.07) is 4.46. The fourth-order valence-electron chi connectivity index (χ4n) is 2.71. The van der Waals surface area contributed by atoms with E-state index in [4.69, 9.17) is 4.42 Å². The highest BCUT2D eigenvalue weighted by Crippen LogP contribution is 2.29. The van der Waals surface area contributed by atoms with Crippen molar-refractivity contribution in [2.45, 2.75) is 26.3 Å². The quantitative estimate of drug-likeness (QED) is 0.689. The predicted octanol–water partition coefficient (Wildman–Crippen LogP) is 2.61. The monoisotopic (exact) mass is 332 g/mol. The van der Waals surface area contributed by atoms with Crippen LogP contribution in [0.15, 0.2) is 28.9 Å². The van der Waals surface area contributed by atoms with Crippen molar-refractivity contribution in [3.8, 4) is 0 Å². The zero-order valence-corrected chi connectivity index (χ0v) is 13.8. The number of imide groups is 1. The Balaban J connectivity index is 1.84. The number of rotatable bonds is 4. The molecule has 0 aromatic carbocycles. The summed E-state index contributed by atoms with van der Waals surface area (Å²) in [7, 11) is 0. The molecule has 1 saturated heterocycles. The number of nitrogens with zero attached hydrogens (tertiary/aromatic N) is 1. The summed E-state index contributed by atoms with van der Waals surface area (Å²) in [5.41, 5.74) is -0.722. The molecule has 3 rings (SSSR count). The molecule has 2 aromatic rings. The maximum atomic E-state index is 12.6. The van der Waals surface area contributed by atoms with Gasteiger partial charge in [-0.05, 0) is 39.0 Å². The number of aryl methyl sites for hydroxylation is 2. The van der Waals surface area contributed by atoms with Gasteiger partial charge < -0.3 is 9.73 Å². The van der Waals surface area contributed by atoms with Crippen LogP contribution in [0.1, 0.15) is 32.8 Å². The Labute approximate surface area is 137 Å². The van der Waals surface area contributed by atoms with Crippen molar-refractivity contribution in [2.75, 3.05) is 6.54 Å². The second-order valence-corrected chi connectivity index (χ2v) is 7.13. The van der Waals surface area contributed by atoms with Crippen LogP contribution in [0.3, 0.4) is 0 Å². The minimum absolute atomic E-state index is 0.251. The zero-order chi connectivity index (χ0) is 16.8. The third kappa shape index (κ3) is 2.46. The number of Topliss-reactive ketones (excluding diaryl/α,β-unsaturated/α-hetero) is 1. The normalized spacial score (nSPS) is 20.9. The molecule has 1 aliphatic heterocycles. The lowest BCUT2D eigenvalue weighted by molar-refractivity contribution is -0.131. The van der Waals surface area contributed by atoms with E-state index >= 15 is 0 Å². The number of carbonyl (C=O) groups excluding carboxylic acids is 3. The Kier molecular flexibility index (Phi) is 3.60. The van der Waals surface area contributed by atoms with Crippen LogP contribution in [0.2, 0.25) is 0 Å². The van der Waals surface area contributed by atoms with Crippen molar-refractivity contribution in [3.05, 3.63) is 45.5 Å². The summed E-state index contributed by atoms with van der Waals surface area (Å²) in [6.07, 6.45) is 1.44. The van der Waals surface area contributed by atoms with Gasteiger partial charge in [0.25, 0.3) is 5.91 Å². The van der Waals surface area contributed by atoms with Gasteiger partial charge in [0.15, 0.2) is 11.3 Å². The number of thiophene rings is 1. The number of carbonyl (C=O) groups is 3. The number of amides is 3. The molecule has 0 aliphatic carbocycles. The minimum atomic E-state index is -1.28. The van der Waals surface area contributed by atoms with Crippen molar-refractivity contribution in [1.82, 2.24) is 10.2 Å². The average molecular weight is 332 g/mol. The van der Waals surface area contributed by atoms with Crippen LogP contribution in [0.25, 0.3) is 0 Å². The molecule has 0 bridgehead atoms. The van der Waals surface area contributed by atoms with Crippen LogP contribution < -0.4 is 5.32 Å². The van der Waals surface area contributed by atoms with Crippen LogP contribution in [-0.2, 0) is 10.3 Å². The molecule has 0 radical (unpaired) electrons. The lowest BCUT2D eigenvalue weighted by Crippen LogP contribution is -2.41. The summed E-state index contributed by atoms with van der Waals surface area (Å²) in [5, 5.41) is 2.60. The number of urea groups is 1. The number of furan rings is 1. The van der Waals surface area contributed by atoms with E-state index in [9.17, 15) is 14.4 Å². The van der Waals surface area contributed by atoms with Gasteiger partial charge in [0.1, 0.15) is 5.76 Å². The van der Waals surface area contributed by atoms with Crippen molar-refractivity contribution in [3.63, 3.8) is 0 Å². The number of hydrogen-bond donors (Lipinski definition) is 1. The maximum absolute atomic E-state index is 12.6. The molecule has 0 spiro atoms. The van der Waals surface area contributed by atoms with Crippen molar-refractivity contribution < 1.29 is 18.8 Å². The first-order valence-electron chi connectivity index (χ1n) is 7.11. The predicted molar refractivity (Wildman–Crippen MR) is 84.4 cm³/mol. The summed E-state index contributed by atoms with van der Waals surface area (Å²) in [5.74, 6) is -0.400. The summed E-state index contributed by atoms with van der Waals surface area (Å²) >= 11 is 1.52. The lowest BCUT2D eigenvalue weighted by Gasteiger charge is -2.18. The van der Waals surface area contributed by atoms with Crippen molar-refractivity contribution in [2.24, 2.45) is 0 Å². The Bertz CT molecular complexity index is 793. The molecule has 1 aliphatic rings. The third-order valence-electron chi connectivity index (χ3n) is 3.93. The maximum Gasteiger partial charge on any atom is 0.325 e. The summed E-state index contributed by atoms with van der Waals surface area (Å²) in [6.45, 7) is 5.05. The van der Waals surface area contributed by atoms with Gasteiger partial charge in [0.2, 0.25) is 0 Å². The van der Waals surface area contributed by atoms with Gasteiger partial charge in [-0.2, -0.15) is 0 Å². The second kappa shape index (κ2) is 5.34. The largest absolute Gasteiger partial charge is 0.466 e. The van der Waals surface area contributed by atoms with Crippen LogP contribution in [0.4, 0.5) is 4.79 Å². The fraction of sp³-hybridized carbons (Fsp3) is 0.312. The Hall–Kier alpha value is -2.41. The molecule has 7 heteroatoms. The topological polar surface area (TPSA) is 79.6 Å². The van der Waals surface area contributed by atoms with Gasteiger partial charge in [-0.15, -0.1) is 11.3 Å². The first-order chi connectivity index (χ1) is 10.8. The SMILES string of the molecule is Cc1cc(C(=O)CN2C(=O)NC(C)(c3ccco3)C2=O)c(C)s1. The average Bonchev–Trinajstić information content (AvgIpc) is 3.16. The Morgan fingerprint density at radius 3 is 2.70 bits per heavy atom. The molecule has 0 saturated carbocycles. The third-order valence-corrected chi connectivity index (χ3v) is 4.90. The smallest absolute Gasteiger partial charge is 0.325 e. The highest BCUT2D eigenvalue weighted by atomic mass is 32.1. The van der Waals surface area contributed by atoms with Gasteiger partial charge in [-0.1, -0.05) is 0 Å². The fourth-order valence-corrected chi connectivity index (χ4v) is 3.65. The van der Waals surface area contributed by atoms with E-state index in [2.05, 4.69) is 5.32 Å². The summed E-state index contributed by atoms with van der Waals surface area (Å²) in [4.78, 5) is 40.1. The molecule has 2 aromatic heterocycles. The molecule has 1 fully saturated rings. The standard InChI is InChI=1S/C16H16N2O4S/c1-9-7-11(10(2)23-9)12(19)8-18-14(20)16(3,17-15(18)21)13-5-4-6-22-13/h4-7H,8H2,1-3H3,(H,17,21). The molecule has 23 heavy (non-hydrogen) atoms. The number of hydrogen-bond acceptors (Lipinski definition) is 5. The van der Waals surface area contributed by atoms with E-state index in [1.807, 2.05) is 13.8 Å². The van der Waals surface area contributed by atoms with E-state index in [0.29, 0.717) is 11.3 Å². The van der Waals surface area contributed by atoms with E-state index in [0.717, 1.165) is 14.7 Å².